The molecule has 2 fully saturated rings. The first-order valence-corrected chi connectivity index (χ1v) is 7.96. The summed E-state index contributed by atoms with van der Waals surface area (Å²) >= 11 is 0. The van der Waals surface area contributed by atoms with Crippen LogP contribution in [0.5, 0.6) is 0 Å². The van der Waals surface area contributed by atoms with Crippen molar-refractivity contribution in [3.8, 4) is 0 Å². The number of ether oxygens (including phenoxy) is 2. The zero-order chi connectivity index (χ0) is 16.5. The molecule has 126 valence electrons. The van der Waals surface area contributed by atoms with Crippen LogP contribution in [-0.2, 0) is 14.3 Å². The number of hydrogen-bond acceptors (Lipinski definition) is 5. The highest BCUT2D eigenvalue weighted by Gasteiger charge is 2.54. The molecule has 0 radical (unpaired) electrons. The average Bonchev–Trinajstić information content (AvgIpc) is 2.89. The molecule has 2 saturated heterocycles. The van der Waals surface area contributed by atoms with Crippen LogP contribution in [0.15, 0.2) is 0 Å². The Morgan fingerprint density at radius 3 is 2.45 bits per heavy atom. The zero-order valence-corrected chi connectivity index (χ0v) is 14.3. The number of nitrogens with zero attached hydrogens (tertiary/aromatic N) is 1. The topological polar surface area (TPSA) is 67.9 Å². The van der Waals surface area contributed by atoms with Crippen molar-refractivity contribution in [1.82, 2.24) is 10.2 Å². The summed E-state index contributed by atoms with van der Waals surface area (Å²) in [5, 5.41) is 3.36. The van der Waals surface area contributed by atoms with Gasteiger partial charge in [-0.1, -0.05) is 6.92 Å². The van der Waals surface area contributed by atoms with Gasteiger partial charge < -0.3 is 19.7 Å². The molecular weight excluding hydrogens is 284 g/mol. The van der Waals surface area contributed by atoms with E-state index < -0.39 is 5.60 Å². The lowest BCUT2D eigenvalue weighted by Gasteiger charge is -2.48. The van der Waals surface area contributed by atoms with Crippen molar-refractivity contribution in [2.24, 2.45) is 17.3 Å². The van der Waals surface area contributed by atoms with E-state index in [9.17, 15) is 9.59 Å². The molecule has 0 aliphatic carbocycles. The lowest BCUT2D eigenvalue weighted by molar-refractivity contribution is -0.156. The van der Waals surface area contributed by atoms with Gasteiger partial charge in [-0.05, 0) is 39.7 Å². The van der Waals surface area contributed by atoms with E-state index in [4.69, 9.17) is 9.47 Å². The number of carbonyl (C=O) groups is 2. The van der Waals surface area contributed by atoms with Crippen LogP contribution in [0, 0.1) is 17.3 Å². The van der Waals surface area contributed by atoms with Crippen LogP contribution >= 0.6 is 0 Å². The van der Waals surface area contributed by atoms with Crippen molar-refractivity contribution >= 4 is 12.1 Å². The third-order valence-corrected chi connectivity index (χ3v) is 4.93. The number of rotatable bonds is 1. The Kier molecular flexibility index (Phi) is 4.70. The largest absolute Gasteiger partial charge is 0.469 e. The summed E-state index contributed by atoms with van der Waals surface area (Å²) in [5.74, 6) is -0.319. The second-order valence-electron chi connectivity index (χ2n) is 7.52. The lowest BCUT2D eigenvalue weighted by Crippen LogP contribution is -2.58. The van der Waals surface area contributed by atoms with Crippen LogP contribution < -0.4 is 5.32 Å². The Bertz CT molecular complexity index is 438. The number of carbonyl (C=O) groups excluding carboxylic acids is 2. The molecule has 0 aromatic rings. The molecule has 6 nitrogen and oxygen atoms in total. The van der Waals surface area contributed by atoms with Gasteiger partial charge in [0.2, 0.25) is 0 Å². The van der Waals surface area contributed by atoms with Gasteiger partial charge in [-0.15, -0.1) is 0 Å². The number of likely N-dealkylation sites (tertiary alicyclic amines) is 1. The van der Waals surface area contributed by atoms with Crippen molar-refractivity contribution in [2.75, 3.05) is 33.3 Å². The monoisotopic (exact) mass is 312 g/mol. The third-order valence-electron chi connectivity index (χ3n) is 4.93. The van der Waals surface area contributed by atoms with E-state index in [1.165, 1.54) is 7.11 Å². The van der Waals surface area contributed by atoms with Gasteiger partial charge in [-0.25, -0.2) is 4.79 Å². The first kappa shape index (κ1) is 17.1. The second-order valence-corrected chi connectivity index (χ2v) is 7.52. The number of amides is 1. The average molecular weight is 312 g/mol. The highest BCUT2D eigenvalue weighted by Crippen LogP contribution is 2.46. The first-order valence-electron chi connectivity index (χ1n) is 7.96. The van der Waals surface area contributed by atoms with Crippen molar-refractivity contribution in [3.63, 3.8) is 0 Å². The molecule has 2 heterocycles. The van der Waals surface area contributed by atoms with Gasteiger partial charge in [0.25, 0.3) is 0 Å². The summed E-state index contributed by atoms with van der Waals surface area (Å²) in [6, 6.07) is 0. The Balaban J connectivity index is 2.19. The third kappa shape index (κ3) is 3.21. The first-order chi connectivity index (χ1) is 10.2. The molecule has 2 aliphatic rings. The number of piperidine rings is 1. The smallest absolute Gasteiger partial charge is 0.410 e. The highest BCUT2D eigenvalue weighted by atomic mass is 16.6. The van der Waals surface area contributed by atoms with E-state index in [0.717, 1.165) is 19.5 Å². The van der Waals surface area contributed by atoms with E-state index in [-0.39, 0.29) is 29.3 Å². The lowest BCUT2D eigenvalue weighted by atomic mass is 9.64. The molecule has 6 heteroatoms. The predicted molar refractivity (Wildman–Crippen MR) is 82.4 cm³/mol. The molecule has 0 saturated carbocycles. The maximum atomic E-state index is 12.4. The number of hydrogen-bond donors (Lipinski definition) is 1. The van der Waals surface area contributed by atoms with Crippen LogP contribution in [0.1, 0.15) is 34.1 Å². The normalized spacial score (nSPS) is 32.1. The minimum Gasteiger partial charge on any atom is -0.469 e. The zero-order valence-electron chi connectivity index (χ0n) is 14.3. The van der Waals surface area contributed by atoms with Gasteiger partial charge in [0.05, 0.1) is 13.0 Å². The summed E-state index contributed by atoms with van der Waals surface area (Å²) in [5.41, 5.74) is -0.656. The number of methoxy groups -OCH3 is 1. The molecular formula is C16H28N2O4. The van der Waals surface area contributed by atoms with E-state index >= 15 is 0 Å². The Hall–Kier alpha value is -1.30. The van der Waals surface area contributed by atoms with E-state index in [1.54, 1.807) is 4.90 Å². The molecule has 0 aromatic carbocycles. The predicted octanol–water partition coefficient (Wildman–Crippen LogP) is 1.64. The SMILES string of the molecule is COC(=O)C1CN(C(=O)OC(C)(C)C)CC(C)C12CCNC2. The van der Waals surface area contributed by atoms with E-state index in [1.807, 2.05) is 20.8 Å². The fourth-order valence-corrected chi connectivity index (χ4v) is 3.71. The molecule has 2 rings (SSSR count). The standard InChI is InChI=1S/C16H28N2O4/c1-11-8-18(14(20)22-15(2,3)4)9-12(13(19)21-5)16(11)6-7-17-10-16/h11-12,17H,6-10H2,1-5H3. The van der Waals surface area contributed by atoms with Crippen LogP contribution in [0.4, 0.5) is 4.79 Å². The minimum absolute atomic E-state index is 0.119. The van der Waals surface area contributed by atoms with Crippen LogP contribution in [-0.4, -0.2) is 55.9 Å². The molecule has 1 spiro atoms. The van der Waals surface area contributed by atoms with Crippen LogP contribution in [0.25, 0.3) is 0 Å². The maximum Gasteiger partial charge on any atom is 0.410 e. The van der Waals surface area contributed by atoms with Crippen LogP contribution in [0.3, 0.4) is 0 Å². The van der Waals surface area contributed by atoms with Crippen molar-refractivity contribution < 1.29 is 19.1 Å². The fourth-order valence-electron chi connectivity index (χ4n) is 3.71. The van der Waals surface area contributed by atoms with Crippen molar-refractivity contribution in [2.45, 2.75) is 39.7 Å². The minimum atomic E-state index is -0.537. The molecule has 1 N–H and O–H groups in total. The maximum absolute atomic E-state index is 12.4. The van der Waals surface area contributed by atoms with Gasteiger partial charge in [-0.3, -0.25) is 4.79 Å². The van der Waals surface area contributed by atoms with E-state index in [2.05, 4.69) is 12.2 Å². The van der Waals surface area contributed by atoms with E-state index in [0.29, 0.717) is 13.1 Å². The summed E-state index contributed by atoms with van der Waals surface area (Å²) in [6.45, 7) is 10.3. The Labute approximate surface area is 132 Å². The molecule has 0 aromatic heterocycles. The summed E-state index contributed by atoms with van der Waals surface area (Å²) in [4.78, 5) is 26.3. The van der Waals surface area contributed by atoms with Crippen molar-refractivity contribution in [3.05, 3.63) is 0 Å². The number of esters is 1. The molecule has 2 aliphatic heterocycles. The summed E-state index contributed by atoms with van der Waals surface area (Å²) in [6.07, 6.45) is 0.588. The summed E-state index contributed by atoms with van der Waals surface area (Å²) in [7, 11) is 1.41. The Morgan fingerprint density at radius 2 is 1.95 bits per heavy atom. The van der Waals surface area contributed by atoms with Crippen molar-refractivity contribution in [1.29, 1.82) is 0 Å². The van der Waals surface area contributed by atoms with Gasteiger partial charge in [0.15, 0.2) is 0 Å². The van der Waals surface area contributed by atoms with Crippen LogP contribution in [0.2, 0.25) is 0 Å². The highest BCUT2D eigenvalue weighted by molar-refractivity contribution is 5.76. The quantitative estimate of drug-likeness (QED) is 0.746. The molecule has 0 bridgehead atoms. The van der Waals surface area contributed by atoms with Gasteiger partial charge in [-0.2, -0.15) is 0 Å². The van der Waals surface area contributed by atoms with Gasteiger partial charge in [0, 0.05) is 25.0 Å². The van der Waals surface area contributed by atoms with Gasteiger partial charge >= 0.3 is 12.1 Å². The van der Waals surface area contributed by atoms with Gasteiger partial charge in [0.1, 0.15) is 5.60 Å². The Morgan fingerprint density at radius 1 is 1.27 bits per heavy atom. The summed E-state index contributed by atoms with van der Waals surface area (Å²) < 4.78 is 10.5. The molecule has 22 heavy (non-hydrogen) atoms. The fraction of sp³-hybridized carbons (Fsp3) is 0.875. The second kappa shape index (κ2) is 6.07. The number of nitrogens with one attached hydrogen (secondary N) is 1. The molecule has 3 atom stereocenters. The molecule has 3 unspecified atom stereocenters. The molecule has 1 amide bonds.